The predicted molar refractivity (Wildman–Crippen MR) is 103 cm³/mol. The van der Waals surface area contributed by atoms with Crippen molar-refractivity contribution in [2.45, 2.75) is 46.6 Å². The van der Waals surface area contributed by atoms with Crippen LogP contribution in [-0.4, -0.2) is 49.6 Å². The first-order chi connectivity index (χ1) is 12.6. The normalized spacial score (nSPS) is 12.8. The molecular weight excluding hydrogens is 662 g/mol. The molecule has 0 saturated heterocycles. The van der Waals surface area contributed by atoms with E-state index in [2.05, 4.69) is 31.4 Å². The van der Waals surface area contributed by atoms with Gasteiger partial charge in [0.2, 0.25) is 12.5 Å². The van der Waals surface area contributed by atoms with Crippen molar-refractivity contribution < 1.29 is 77.8 Å². The minimum absolute atomic E-state index is 0. The Bertz CT molecular complexity index is 506. The average molecular weight is 694 g/mol. The van der Waals surface area contributed by atoms with Gasteiger partial charge in [-0.15, -0.1) is 0 Å². The summed E-state index contributed by atoms with van der Waals surface area (Å²) >= 11 is 0. The number of phosphoric ester groups is 1. The summed E-state index contributed by atoms with van der Waals surface area (Å²) in [6.45, 7) is 18.5. The molecule has 3 N–H and O–H groups in total. The van der Waals surface area contributed by atoms with Crippen molar-refractivity contribution in [3.8, 4) is 0 Å². The van der Waals surface area contributed by atoms with E-state index in [1.165, 1.54) is 6.41 Å². The van der Waals surface area contributed by atoms with E-state index >= 15 is 0 Å². The third-order valence-electron chi connectivity index (χ3n) is 2.83. The third-order valence-corrected chi connectivity index (χ3v) is 3.81. The molecule has 0 aromatic carbocycles. The van der Waals surface area contributed by atoms with Crippen LogP contribution in [0.2, 0.25) is 0 Å². The predicted octanol–water partition coefficient (Wildman–Crippen LogP) is 2.09. The van der Waals surface area contributed by atoms with Crippen LogP contribution in [0.5, 0.6) is 0 Å². The van der Waals surface area contributed by atoms with Crippen LogP contribution in [0.3, 0.4) is 0 Å². The molecule has 0 bridgehead atoms. The molecule has 2 atom stereocenters. The maximum atomic E-state index is 11.8. The van der Waals surface area contributed by atoms with Gasteiger partial charge in [-0.05, 0) is 12.3 Å². The van der Waals surface area contributed by atoms with E-state index in [4.69, 9.17) is 6.57 Å². The first kappa shape index (κ1) is 36.5. The van der Waals surface area contributed by atoms with Crippen LogP contribution >= 0.6 is 7.82 Å². The molecule has 0 heterocycles. The molecule has 0 saturated carbocycles. The van der Waals surface area contributed by atoms with Gasteiger partial charge in [0.15, 0.2) is 0 Å². The summed E-state index contributed by atoms with van der Waals surface area (Å²) in [5.41, 5.74) is 0. The van der Waals surface area contributed by atoms with Crippen molar-refractivity contribution in [2.75, 3.05) is 26.3 Å². The number of rotatable bonds is 13. The van der Waals surface area contributed by atoms with Crippen molar-refractivity contribution in [1.82, 2.24) is 10.6 Å². The van der Waals surface area contributed by atoms with Crippen LogP contribution < -0.4 is 10.6 Å². The number of carbonyl (C=O) groups excluding carboxylic acids is 2. The SMILES string of the molecule is [C-]#[N+]CC(C)C.[CH2-]CCOP(=O)(O)OCC(N[C-]=O)C(=O)NCCC(C)C.[U].[V]. The van der Waals surface area contributed by atoms with Gasteiger partial charge in [0, 0.05) is 68.7 Å². The fraction of sp³-hybridized carbons (Fsp3) is 0.765. The van der Waals surface area contributed by atoms with E-state index in [9.17, 15) is 19.0 Å². The zero-order valence-electron chi connectivity index (χ0n) is 17.5. The Morgan fingerprint density at radius 2 is 1.86 bits per heavy atom. The monoisotopic (exact) mass is 694 g/mol. The summed E-state index contributed by atoms with van der Waals surface area (Å²) in [6.07, 6.45) is 2.44. The summed E-state index contributed by atoms with van der Waals surface area (Å²) in [7, 11) is -4.26. The number of phosphoric acid groups is 1. The number of hydrogen-bond acceptors (Lipinski definition) is 5. The van der Waals surface area contributed by atoms with E-state index in [0.29, 0.717) is 31.3 Å². The van der Waals surface area contributed by atoms with Crippen molar-refractivity contribution in [3.05, 3.63) is 18.3 Å². The molecule has 167 valence electrons. The first-order valence-electron chi connectivity index (χ1n) is 8.74. The molecule has 1 radical (unpaired) electrons. The summed E-state index contributed by atoms with van der Waals surface area (Å²) in [6, 6.07) is -1.11. The molecule has 0 aliphatic carbocycles. The minimum Gasteiger partial charge on any atom is -0.520 e. The van der Waals surface area contributed by atoms with E-state index in [1.807, 2.05) is 27.7 Å². The molecule has 0 fully saturated rings. The van der Waals surface area contributed by atoms with Gasteiger partial charge in [-0.3, -0.25) is 13.8 Å². The zero-order valence-corrected chi connectivity index (χ0v) is 24.0. The number of hydrogen-bond donors (Lipinski definition) is 3. The van der Waals surface area contributed by atoms with Gasteiger partial charge in [0.25, 0.3) is 0 Å². The molecule has 0 aliphatic rings. The Hall–Kier alpha value is 0.176. The third kappa shape index (κ3) is 26.1. The molecule has 29 heavy (non-hydrogen) atoms. The fourth-order valence-corrected chi connectivity index (χ4v) is 2.20. The molecule has 0 aliphatic heterocycles. The number of nitrogens with zero attached hydrogens (tertiary/aromatic N) is 1. The molecule has 9 nitrogen and oxygen atoms in total. The second-order valence-corrected chi connectivity index (χ2v) is 7.91. The molecule has 2 amide bonds. The molecule has 2 unspecified atom stereocenters. The molecule has 12 heteroatoms. The van der Waals surface area contributed by atoms with Gasteiger partial charge in [-0.25, -0.2) is 11.1 Å². The molecular formula is C17H32N3O6PUV-2. The number of carbonyl (C=O) groups is 1. The van der Waals surface area contributed by atoms with E-state index in [-0.39, 0.29) is 56.3 Å². The number of nitrogens with one attached hydrogen (secondary N) is 2. The average Bonchev–Trinajstić information content (AvgIpc) is 2.56. The van der Waals surface area contributed by atoms with Crippen molar-refractivity contribution in [3.63, 3.8) is 0 Å². The Morgan fingerprint density at radius 1 is 1.28 bits per heavy atom. The maximum absolute atomic E-state index is 11.8. The van der Waals surface area contributed by atoms with Gasteiger partial charge in [-0.2, -0.15) is 12.8 Å². The fourth-order valence-electron chi connectivity index (χ4n) is 1.43. The quantitative estimate of drug-likeness (QED) is 0.155. The summed E-state index contributed by atoms with van der Waals surface area (Å²) in [4.78, 5) is 34.7. The van der Waals surface area contributed by atoms with Gasteiger partial charge in [0.05, 0.1) is 6.61 Å². The van der Waals surface area contributed by atoms with E-state index < -0.39 is 26.4 Å². The Morgan fingerprint density at radius 3 is 2.24 bits per heavy atom. The number of amides is 2. The minimum atomic E-state index is -4.26. The second kappa shape index (κ2) is 22.9. The van der Waals surface area contributed by atoms with Gasteiger partial charge < -0.3 is 32.1 Å². The van der Waals surface area contributed by atoms with Gasteiger partial charge in [0.1, 0.15) is 6.04 Å². The molecule has 0 aromatic heterocycles. The molecule has 0 rings (SSSR count). The second-order valence-electron chi connectivity index (χ2n) is 6.46. The van der Waals surface area contributed by atoms with Gasteiger partial charge >= 0.3 is 7.82 Å². The standard InChI is InChI=1S/C12H23N2O6P.C5H9N.U.V/c1-4-7-19-21(17,18)20-8-11(14-9-15)12(16)13-6-5-10(2)3;1-5(2)4-6-3;;/h10-11H,1,4-8H2,2-3H3,(H,13,16)(H,14,15)(H,17,18);5H,4H2,1-2H3;;/q-2;;;. The van der Waals surface area contributed by atoms with Gasteiger partial charge in [-0.1, -0.05) is 27.7 Å². The summed E-state index contributed by atoms with van der Waals surface area (Å²) < 4.78 is 20.7. The van der Waals surface area contributed by atoms with Crippen molar-refractivity contribution in [2.24, 2.45) is 11.8 Å². The Balaban J connectivity index is -0.000000340. The Kier molecular flexibility index (Phi) is 28.8. The topological polar surface area (TPSA) is 118 Å². The van der Waals surface area contributed by atoms with E-state index in [1.54, 1.807) is 0 Å². The smallest absolute Gasteiger partial charge is 0.472 e. The van der Waals surface area contributed by atoms with Crippen LogP contribution in [0, 0.1) is 56.4 Å². The van der Waals surface area contributed by atoms with Crippen molar-refractivity contribution >= 4 is 20.1 Å². The summed E-state index contributed by atoms with van der Waals surface area (Å²) in [5, 5.41) is 4.70. The van der Waals surface area contributed by atoms with Crippen LogP contribution in [0.4, 0.5) is 0 Å². The maximum Gasteiger partial charge on any atom is 0.472 e. The van der Waals surface area contributed by atoms with Crippen LogP contribution in [0.15, 0.2) is 0 Å². The van der Waals surface area contributed by atoms with Crippen molar-refractivity contribution in [1.29, 1.82) is 0 Å². The molecule has 0 spiro atoms. The van der Waals surface area contributed by atoms with E-state index in [0.717, 1.165) is 6.42 Å². The first-order valence-corrected chi connectivity index (χ1v) is 10.2. The Labute approximate surface area is 210 Å². The molecule has 0 aromatic rings. The zero-order chi connectivity index (χ0) is 21.3. The van der Waals surface area contributed by atoms with Crippen LogP contribution in [0.25, 0.3) is 4.85 Å². The van der Waals surface area contributed by atoms with Crippen LogP contribution in [-0.2, 0) is 41.8 Å². The van der Waals surface area contributed by atoms with Crippen LogP contribution in [0.1, 0.15) is 40.5 Å². The summed E-state index contributed by atoms with van der Waals surface area (Å²) in [5.74, 6) is 0.443. The largest absolute Gasteiger partial charge is 0.520 e.